The van der Waals surface area contributed by atoms with Gasteiger partial charge in [0.25, 0.3) is 0 Å². The third kappa shape index (κ3) is 3.01. The number of benzene rings is 1. The van der Waals surface area contributed by atoms with Gasteiger partial charge in [0.2, 0.25) is 0 Å². The lowest BCUT2D eigenvalue weighted by Crippen LogP contribution is -2.10. The number of ether oxygens (including phenoxy) is 1. The molecule has 1 N–H and O–H groups in total. The van der Waals surface area contributed by atoms with Gasteiger partial charge in [0, 0.05) is 0 Å². The molecule has 17 heavy (non-hydrogen) atoms. The lowest BCUT2D eigenvalue weighted by atomic mass is 9.94. The van der Waals surface area contributed by atoms with Crippen LogP contribution < -0.4 is 4.74 Å². The summed E-state index contributed by atoms with van der Waals surface area (Å²) in [5, 5.41) is 10.2. The highest BCUT2D eigenvalue weighted by Gasteiger charge is 2.15. The highest BCUT2D eigenvalue weighted by molar-refractivity contribution is 5.39. The Morgan fingerprint density at radius 3 is 3.00 bits per heavy atom. The first kappa shape index (κ1) is 12.4. The topological polar surface area (TPSA) is 29.5 Å². The summed E-state index contributed by atoms with van der Waals surface area (Å²) in [7, 11) is 0. The largest absolute Gasteiger partial charge is 0.493 e. The summed E-state index contributed by atoms with van der Waals surface area (Å²) < 4.78 is 5.58. The van der Waals surface area contributed by atoms with Gasteiger partial charge in [-0.3, -0.25) is 0 Å². The number of rotatable bonds is 4. The van der Waals surface area contributed by atoms with Crippen LogP contribution in [0.4, 0.5) is 0 Å². The van der Waals surface area contributed by atoms with Crippen LogP contribution in [-0.4, -0.2) is 11.7 Å². The average molecular weight is 234 g/mol. The third-order valence-electron chi connectivity index (χ3n) is 3.64. The molecule has 0 aromatic heterocycles. The zero-order valence-corrected chi connectivity index (χ0v) is 10.8. The second kappa shape index (κ2) is 5.54. The van der Waals surface area contributed by atoms with Crippen LogP contribution >= 0.6 is 0 Å². The van der Waals surface area contributed by atoms with Crippen LogP contribution in [-0.2, 0) is 6.42 Å². The molecule has 0 spiro atoms. The zero-order valence-electron chi connectivity index (χ0n) is 10.8. The third-order valence-corrected chi connectivity index (χ3v) is 3.64. The summed E-state index contributed by atoms with van der Waals surface area (Å²) in [6.07, 6.45) is 3.77. The summed E-state index contributed by atoms with van der Waals surface area (Å²) >= 11 is 0. The molecule has 2 heteroatoms. The van der Waals surface area contributed by atoms with Crippen molar-refractivity contribution in [1.82, 2.24) is 0 Å². The average Bonchev–Trinajstić information content (AvgIpc) is 2.38. The van der Waals surface area contributed by atoms with Crippen LogP contribution in [0.1, 0.15) is 50.3 Å². The van der Waals surface area contributed by atoms with Gasteiger partial charge in [0.15, 0.2) is 0 Å². The van der Waals surface area contributed by atoms with Crippen molar-refractivity contribution < 1.29 is 9.84 Å². The van der Waals surface area contributed by atoms with E-state index >= 15 is 0 Å². The molecular weight excluding hydrogens is 212 g/mol. The second-order valence-electron chi connectivity index (χ2n) is 5.08. The zero-order chi connectivity index (χ0) is 12.3. The molecule has 1 aromatic carbocycles. The van der Waals surface area contributed by atoms with Crippen molar-refractivity contribution in [3.8, 4) is 5.75 Å². The van der Waals surface area contributed by atoms with Crippen LogP contribution in [0.5, 0.6) is 5.75 Å². The van der Waals surface area contributed by atoms with Gasteiger partial charge in [0.05, 0.1) is 12.7 Å². The van der Waals surface area contributed by atoms with Crippen molar-refractivity contribution in [2.75, 3.05) is 6.61 Å². The second-order valence-corrected chi connectivity index (χ2v) is 5.08. The number of aliphatic hydroxyl groups excluding tert-OH is 1. The van der Waals surface area contributed by atoms with Crippen molar-refractivity contribution in [3.05, 3.63) is 29.3 Å². The lowest BCUT2D eigenvalue weighted by molar-refractivity contribution is 0.146. The maximum atomic E-state index is 10.2. The van der Waals surface area contributed by atoms with Crippen LogP contribution in [0.25, 0.3) is 0 Å². The van der Waals surface area contributed by atoms with E-state index in [1.807, 2.05) is 12.1 Å². The normalized spacial score (nSPS) is 18.1. The van der Waals surface area contributed by atoms with E-state index in [-0.39, 0.29) is 6.10 Å². The fourth-order valence-electron chi connectivity index (χ4n) is 2.27. The number of aryl methyl sites for hydroxylation is 1. The lowest BCUT2D eigenvalue weighted by Gasteiger charge is -2.20. The van der Waals surface area contributed by atoms with Gasteiger partial charge in [-0.05, 0) is 48.4 Å². The first-order chi connectivity index (χ1) is 8.20. The van der Waals surface area contributed by atoms with Gasteiger partial charge < -0.3 is 9.84 Å². The van der Waals surface area contributed by atoms with Gasteiger partial charge in [-0.2, -0.15) is 0 Å². The predicted molar refractivity (Wildman–Crippen MR) is 69.3 cm³/mol. The number of hydrogen-bond donors (Lipinski definition) is 1. The molecule has 0 amide bonds. The first-order valence-corrected chi connectivity index (χ1v) is 6.64. The smallest absolute Gasteiger partial charge is 0.122 e. The molecular formula is C15H22O2. The van der Waals surface area contributed by atoms with Crippen molar-refractivity contribution in [3.63, 3.8) is 0 Å². The predicted octanol–water partition coefficient (Wildman–Crippen LogP) is 3.48. The Morgan fingerprint density at radius 2 is 2.24 bits per heavy atom. The molecule has 0 radical (unpaired) electrons. The Kier molecular flexibility index (Phi) is 4.06. The van der Waals surface area contributed by atoms with E-state index in [0.717, 1.165) is 43.6 Å². The van der Waals surface area contributed by atoms with Gasteiger partial charge in [0.1, 0.15) is 5.75 Å². The van der Waals surface area contributed by atoms with E-state index in [9.17, 15) is 5.11 Å². The Morgan fingerprint density at radius 1 is 1.41 bits per heavy atom. The van der Waals surface area contributed by atoms with Crippen molar-refractivity contribution in [2.24, 2.45) is 5.92 Å². The molecule has 0 saturated carbocycles. The van der Waals surface area contributed by atoms with E-state index in [4.69, 9.17) is 4.74 Å². The Bertz CT molecular complexity index is 373. The molecule has 1 aliphatic rings. The summed E-state index contributed by atoms with van der Waals surface area (Å²) in [6.45, 7) is 5.17. The van der Waals surface area contributed by atoms with E-state index in [1.54, 1.807) is 0 Å². The number of hydrogen-bond acceptors (Lipinski definition) is 2. The molecule has 0 fully saturated rings. The van der Waals surface area contributed by atoms with Crippen LogP contribution in [0.15, 0.2) is 18.2 Å². The highest BCUT2D eigenvalue weighted by atomic mass is 16.5. The molecule has 0 bridgehead atoms. The SMILES string of the molecule is CCC(C)CC(O)c1ccc2c(c1)CCCO2. The first-order valence-electron chi connectivity index (χ1n) is 6.64. The van der Waals surface area contributed by atoms with Gasteiger partial charge in [-0.25, -0.2) is 0 Å². The molecule has 0 aliphatic carbocycles. The van der Waals surface area contributed by atoms with Crippen molar-refractivity contribution >= 4 is 0 Å². The monoisotopic (exact) mass is 234 g/mol. The molecule has 94 valence electrons. The van der Waals surface area contributed by atoms with Crippen LogP contribution in [0, 0.1) is 5.92 Å². The summed E-state index contributed by atoms with van der Waals surface area (Å²) in [5.41, 5.74) is 2.28. The molecule has 2 atom stereocenters. The van der Waals surface area contributed by atoms with Crippen molar-refractivity contribution in [2.45, 2.75) is 45.6 Å². The number of fused-ring (bicyclic) bond motifs is 1. The van der Waals surface area contributed by atoms with E-state index < -0.39 is 0 Å². The Hall–Kier alpha value is -1.02. The summed E-state index contributed by atoms with van der Waals surface area (Å²) in [6, 6.07) is 6.11. The summed E-state index contributed by atoms with van der Waals surface area (Å²) in [4.78, 5) is 0. The minimum atomic E-state index is -0.336. The number of aliphatic hydroxyl groups is 1. The van der Waals surface area contributed by atoms with Gasteiger partial charge in [-0.15, -0.1) is 0 Å². The Labute approximate surface area is 104 Å². The molecule has 2 rings (SSSR count). The molecule has 0 saturated heterocycles. The van der Waals surface area contributed by atoms with Crippen LogP contribution in [0.2, 0.25) is 0 Å². The quantitative estimate of drug-likeness (QED) is 0.864. The fraction of sp³-hybridized carbons (Fsp3) is 0.600. The molecule has 2 nitrogen and oxygen atoms in total. The van der Waals surface area contributed by atoms with E-state index in [2.05, 4.69) is 19.9 Å². The molecule has 1 aromatic rings. The molecule has 2 unspecified atom stereocenters. The molecule has 1 heterocycles. The minimum absolute atomic E-state index is 0.336. The van der Waals surface area contributed by atoms with Gasteiger partial charge >= 0.3 is 0 Å². The standard InChI is InChI=1S/C15H22O2/c1-3-11(2)9-14(16)12-6-7-15-13(10-12)5-4-8-17-15/h6-7,10-11,14,16H,3-5,8-9H2,1-2H3. The van der Waals surface area contributed by atoms with Gasteiger partial charge in [-0.1, -0.05) is 26.3 Å². The van der Waals surface area contributed by atoms with E-state index in [1.165, 1.54) is 5.56 Å². The maximum Gasteiger partial charge on any atom is 0.122 e. The minimum Gasteiger partial charge on any atom is -0.493 e. The van der Waals surface area contributed by atoms with Crippen LogP contribution in [0.3, 0.4) is 0 Å². The molecule has 1 aliphatic heterocycles. The van der Waals surface area contributed by atoms with Crippen molar-refractivity contribution in [1.29, 1.82) is 0 Å². The fourth-order valence-corrected chi connectivity index (χ4v) is 2.27. The summed E-state index contributed by atoms with van der Waals surface area (Å²) in [5.74, 6) is 1.56. The van der Waals surface area contributed by atoms with E-state index in [0.29, 0.717) is 5.92 Å². The highest BCUT2D eigenvalue weighted by Crippen LogP contribution is 2.30. The maximum absolute atomic E-state index is 10.2. The Balaban J connectivity index is 2.10.